The van der Waals surface area contributed by atoms with Gasteiger partial charge in [-0.15, -0.1) is 11.3 Å². The Bertz CT molecular complexity index is 1460. The molecule has 6 rings (SSSR count). The number of nitroso groups, excluding NO2 is 1. The van der Waals surface area contributed by atoms with Gasteiger partial charge in [0.05, 0.1) is 21.4 Å². The molecule has 0 bridgehead atoms. The number of rotatable bonds is 7. The number of hydrogen-bond acceptors (Lipinski definition) is 8. The molecule has 1 fully saturated rings. The first-order valence-electron chi connectivity index (χ1n) is 12.3. The molecule has 5 heterocycles. The average Bonchev–Trinajstić information content (AvgIpc) is 3.67. The number of likely N-dealkylation sites (tertiary alicyclic amines) is 1. The van der Waals surface area contributed by atoms with Gasteiger partial charge in [0.1, 0.15) is 11.7 Å². The van der Waals surface area contributed by atoms with E-state index in [0.29, 0.717) is 32.6 Å². The molecular formula is C26H27N7O2S. The molecule has 0 spiro atoms. The lowest BCUT2D eigenvalue weighted by Gasteiger charge is -2.27. The van der Waals surface area contributed by atoms with Crippen molar-refractivity contribution in [2.24, 2.45) is 5.18 Å². The minimum Gasteiger partial charge on any atom is -0.355 e. The minimum atomic E-state index is -0.121. The standard InChI is InChI=1S/C26H27N7O2S/c34-25(7-10-32-9-6-19(15-32)31-35)33-11-4-17(5-12-33)23-14-20-21(3-8-27-26(20)30-23)29-18-1-2-22-24(13-18)36-16-28-22/h1-4,8,13-14,16,19H,5-7,9-12,15H2,(H2,27,29,30). The lowest BCUT2D eigenvalue weighted by Crippen LogP contribution is -2.37. The fraction of sp³-hybridized carbons (Fsp3) is 0.346. The van der Waals surface area contributed by atoms with Gasteiger partial charge >= 0.3 is 0 Å². The summed E-state index contributed by atoms with van der Waals surface area (Å²) in [7, 11) is 0. The molecule has 10 heteroatoms. The minimum absolute atomic E-state index is 0.121. The van der Waals surface area contributed by atoms with Crippen molar-refractivity contribution in [2.75, 3.05) is 38.0 Å². The summed E-state index contributed by atoms with van der Waals surface area (Å²) >= 11 is 1.63. The van der Waals surface area contributed by atoms with Crippen LogP contribution in [0.2, 0.25) is 0 Å². The summed E-state index contributed by atoms with van der Waals surface area (Å²) in [6.07, 6.45) is 6.02. The lowest BCUT2D eigenvalue weighted by molar-refractivity contribution is -0.131. The normalized spacial score (nSPS) is 18.6. The number of amides is 1. The maximum absolute atomic E-state index is 12.7. The van der Waals surface area contributed by atoms with Gasteiger partial charge < -0.3 is 20.1 Å². The van der Waals surface area contributed by atoms with Crippen molar-refractivity contribution in [1.29, 1.82) is 0 Å². The van der Waals surface area contributed by atoms with Crippen LogP contribution in [0.5, 0.6) is 0 Å². The number of H-pyrrole nitrogens is 1. The third-order valence-electron chi connectivity index (χ3n) is 7.09. The Hall–Kier alpha value is -3.63. The third kappa shape index (κ3) is 4.61. The molecule has 36 heavy (non-hydrogen) atoms. The van der Waals surface area contributed by atoms with Crippen LogP contribution in [-0.4, -0.2) is 69.4 Å². The molecule has 1 unspecified atom stereocenters. The Morgan fingerprint density at radius 2 is 2.17 bits per heavy atom. The number of hydrogen-bond donors (Lipinski definition) is 2. The van der Waals surface area contributed by atoms with E-state index in [9.17, 15) is 9.70 Å². The molecule has 3 aromatic heterocycles. The SMILES string of the molecule is O=NC1CCN(CCC(=O)N2CC=C(c3cc4c(Nc5ccc6ncsc6c5)ccnc4[nH]3)CC2)C1. The van der Waals surface area contributed by atoms with Crippen LogP contribution in [0.1, 0.15) is 25.0 Å². The molecule has 4 aromatic rings. The van der Waals surface area contributed by atoms with Gasteiger partial charge in [0.25, 0.3) is 0 Å². The van der Waals surface area contributed by atoms with Crippen LogP contribution in [-0.2, 0) is 4.79 Å². The molecule has 1 atom stereocenters. The predicted octanol–water partition coefficient (Wildman–Crippen LogP) is 4.76. The molecular weight excluding hydrogens is 474 g/mol. The fourth-order valence-electron chi connectivity index (χ4n) is 5.05. The number of nitrogens with zero attached hydrogens (tertiary/aromatic N) is 5. The number of carbonyl (C=O) groups excluding carboxylic acids is 1. The second kappa shape index (κ2) is 9.79. The highest BCUT2D eigenvalue weighted by molar-refractivity contribution is 7.16. The van der Waals surface area contributed by atoms with E-state index in [1.54, 1.807) is 17.5 Å². The van der Waals surface area contributed by atoms with Gasteiger partial charge in [-0.3, -0.25) is 4.79 Å². The van der Waals surface area contributed by atoms with Crippen LogP contribution in [0, 0.1) is 4.91 Å². The summed E-state index contributed by atoms with van der Waals surface area (Å²) in [6, 6.07) is 10.2. The Morgan fingerprint density at radius 3 is 3.00 bits per heavy atom. The second-order valence-electron chi connectivity index (χ2n) is 9.38. The lowest BCUT2D eigenvalue weighted by atomic mass is 10.0. The van der Waals surface area contributed by atoms with Crippen molar-refractivity contribution in [3.05, 3.63) is 58.7 Å². The first kappa shape index (κ1) is 22.8. The molecule has 2 aliphatic heterocycles. The number of carbonyl (C=O) groups is 1. The highest BCUT2D eigenvalue weighted by Crippen LogP contribution is 2.31. The Kier molecular flexibility index (Phi) is 6.20. The van der Waals surface area contributed by atoms with Gasteiger partial charge in [-0.2, -0.15) is 4.91 Å². The Balaban J connectivity index is 1.12. The first-order chi connectivity index (χ1) is 17.7. The van der Waals surface area contributed by atoms with Crippen molar-refractivity contribution in [1.82, 2.24) is 24.8 Å². The van der Waals surface area contributed by atoms with E-state index >= 15 is 0 Å². The largest absolute Gasteiger partial charge is 0.355 e. The topological polar surface area (TPSA) is 107 Å². The molecule has 1 aromatic carbocycles. The predicted molar refractivity (Wildman–Crippen MR) is 143 cm³/mol. The van der Waals surface area contributed by atoms with E-state index in [0.717, 1.165) is 57.7 Å². The summed E-state index contributed by atoms with van der Waals surface area (Å²) in [5.41, 5.74) is 7.95. The van der Waals surface area contributed by atoms with Gasteiger partial charge in [-0.25, -0.2) is 9.97 Å². The summed E-state index contributed by atoms with van der Waals surface area (Å²) in [5.74, 6) is 0.163. The second-order valence-corrected chi connectivity index (χ2v) is 10.3. The van der Waals surface area contributed by atoms with Crippen LogP contribution < -0.4 is 5.32 Å². The van der Waals surface area contributed by atoms with Crippen molar-refractivity contribution in [2.45, 2.75) is 25.3 Å². The van der Waals surface area contributed by atoms with Crippen molar-refractivity contribution >= 4 is 55.4 Å². The van der Waals surface area contributed by atoms with Crippen LogP contribution in [0.4, 0.5) is 11.4 Å². The zero-order chi connectivity index (χ0) is 24.5. The van der Waals surface area contributed by atoms with Gasteiger partial charge in [0, 0.05) is 62.1 Å². The van der Waals surface area contributed by atoms with Crippen LogP contribution >= 0.6 is 11.3 Å². The average molecular weight is 502 g/mol. The zero-order valence-corrected chi connectivity index (χ0v) is 20.6. The van der Waals surface area contributed by atoms with Crippen molar-refractivity contribution in [3.63, 3.8) is 0 Å². The third-order valence-corrected chi connectivity index (χ3v) is 7.88. The van der Waals surface area contributed by atoms with Crippen LogP contribution in [0.15, 0.2) is 53.3 Å². The van der Waals surface area contributed by atoms with Gasteiger partial charge in [0.2, 0.25) is 5.91 Å². The smallest absolute Gasteiger partial charge is 0.224 e. The Morgan fingerprint density at radius 1 is 1.22 bits per heavy atom. The van der Waals surface area contributed by atoms with Gasteiger partial charge in [-0.05, 0) is 48.7 Å². The fourth-order valence-corrected chi connectivity index (χ4v) is 5.77. The van der Waals surface area contributed by atoms with Crippen LogP contribution in [0.25, 0.3) is 26.8 Å². The van der Waals surface area contributed by atoms with E-state index < -0.39 is 0 Å². The molecule has 0 radical (unpaired) electrons. The van der Waals surface area contributed by atoms with Crippen molar-refractivity contribution in [3.8, 4) is 0 Å². The zero-order valence-electron chi connectivity index (χ0n) is 19.8. The molecule has 184 valence electrons. The summed E-state index contributed by atoms with van der Waals surface area (Å²) < 4.78 is 1.15. The summed E-state index contributed by atoms with van der Waals surface area (Å²) in [4.78, 5) is 39.9. The highest BCUT2D eigenvalue weighted by atomic mass is 32.1. The number of fused-ring (bicyclic) bond motifs is 2. The number of nitrogens with one attached hydrogen (secondary N) is 2. The molecule has 2 aliphatic rings. The number of pyridine rings is 1. The monoisotopic (exact) mass is 501 g/mol. The van der Waals surface area contributed by atoms with E-state index in [1.807, 2.05) is 28.6 Å². The highest BCUT2D eigenvalue weighted by Gasteiger charge is 2.25. The summed E-state index contributed by atoms with van der Waals surface area (Å²) in [6.45, 7) is 3.52. The number of thiazole rings is 1. The van der Waals surface area contributed by atoms with Gasteiger partial charge in [0.15, 0.2) is 0 Å². The number of benzene rings is 1. The maximum atomic E-state index is 12.7. The quantitative estimate of drug-likeness (QED) is 0.354. The number of aromatic amines is 1. The Labute approximate surface area is 212 Å². The molecule has 1 amide bonds. The van der Waals surface area contributed by atoms with E-state index in [1.165, 1.54) is 5.57 Å². The van der Waals surface area contributed by atoms with Crippen LogP contribution in [0.3, 0.4) is 0 Å². The van der Waals surface area contributed by atoms with Crippen molar-refractivity contribution < 1.29 is 4.79 Å². The molecule has 0 aliphatic carbocycles. The molecule has 1 saturated heterocycles. The van der Waals surface area contributed by atoms with Gasteiger partial charge in [-0.1, -0.05) is 11.3 Å². The van der Waals surface area contributed by atoms with E-state index in [4.69, 9.17) is 0 Å². The maximum Gasteiger partial charge on any atom is 0.224 e. The number of aromatic nitrogens is 3. The number of anilines is 2. The first-order valence-corrected chi connectivity index (χ1v) is 13.1. The molecule has 9 nitrogen and oxygen atoms in total. The summed E-state index contributed by atoms with van der Waals surface area (Å²) in [5, 5.41) is 7.70. The van der Waals surface area contributed by atoms with E-state index in [2.05, 4.69) is 48.6 Å². The van der Waals surface area contributed by atoms with E-state index in [-0.39, 0.29) is 11.9 Å². The molecule has 2 N–H and O–H groups in total. The molecule has 0 saturated carbocycles.